The molecule has 3 aromatic rings. The molecule has 3 rings (SSSR count). The van der Waals surface area contributed by atoms with E-state index in [4.69, 9.17) is 11.6 Å². The van der Waals surface area contributed by atoms with Gasteiger partial charge in [0.25, 0.3) is 0 Å². The van der Waals surface area contributed by atoms with Crippen molar-refractivity contribution in [2.45, 2.75) is 0 Å². The molecule has 0 unspecified atom stereocenters. The van der Waals surface area contributed by atoms with Crippen LogP contribution in [-0.2, 0) is 0 Å². The minimum Gasteiger partial charge on any atom is -0.376 e. The summed E-state index contributed by atoms with van der Waals surface area (Å²) in [7, 11) is 3.85. The number of rotatable bonds is 5. The van der Waals surface area contributed by atoms with Gasteiger partial charge in [-0.2, -0.15) is 5.10 Å². The van der Waals surface area contributed by atoms with E-state index in [9.17, 15) is 9.18 Å². The van der Waals surface area contributed by atoms with Gasteiger partial charge in [0, 0.05) is 37.2 Å². The quantitative estimate of drug-likeness (QED) is 0.577. The average Bonchev–Trinajstić information content (AvgIpc) is 2.66. The number of amides is 2. The highest BCUT2D eigenvalue weighted by Crippen LogP contribution is 2.21. The molecule has 0 radical (unpaired) electrons. The third-order valence-electron chi connectivity index (χ3n) is 3.75. The number of carbonyl (C=O) groups is 1. The predicted octanol–water partition coefficient (Wildman–Crippen LogP) is 4.72. The third kappa shape index (κ3) is 5.08. The molecule has 0 saturated carbocycles. The van der Waals surface area contributed by atoms with Gasteiger partial charge in [0.05, 0.1) is 16.9 Å². The second-order valence-corrected chi connectivity index (χ2v) is 6.51. The van der Waals surface area contributed by atoms with Crippen molar-refractivity contribution < 1.29 is 9.18 Å². The minimum atomic E-state index is -0.545. The first-order valence-electron chi connectivity index (χ1n) is 8.31. The summed E-state index contributed by atoms with van der Waals surface area (Å²) in [6, 6.07) is 12.4. The van der Waals surface area contributed by atoms with Crippen molar-refractivity contribution in [3.05, 3.63) is 65.6 Å². The first-order valence-corrected chi connectivity index (χ1v) is 8.69. The molecule has 0 atom stereocenters. The van der Waals surface area contributed by atoms with E-state index in [1.165, 1.54) is 18.2 Å². The van der Waals surface area contributed by atoms with Crippen LogP contribution in [0.3, 0.4) is 0 Å². The Labute approximate surface area is 166 Å². The number of hydrogen-bond donors (Lipinski definition) is 3. The zero-order chi connectivity index (χ0) is 20.1. The van der Waals surface area contributed by atoms with Crippen LogP contribution in [0.1, 0.15) is 0 Å². The van der Waals surface area contributed by atoms with E-state index in [0.29, 0.717) is 17.2 Å². The lowest BCUT2D eigenvalue weighted by Gasteiger charge is -2.13. The Kier molecular flexibility index (Phi) is 5.90. The molecule has 9 heteroatoms. The zero-order valence-corrected chi connectivity index (χ0v) is 16.0. The molecule has 0 spiro atoms. The Balaban J connectivity index is 1.60. The number of nitrogens with zero attached hydrogens (tertiary/aromatic N) is 3. The maximum absolute atomic E-state index is 13.2. The van der Waals surface area contributed by atoms with Crippen molar-refractivity contribution in [3.63, 3.8) is 0 Å². The van der Waals surface area contributed by atoms with Crippen LogP contribution in [0.25, 0.3) is 0 Å². The summed E-state index contributed by atoms with van der Waals surface area (Å²) in [4.78, 5) is 14.0. The standard InChI is InChI=1S/C19H18ClFN6O/c1-27(2)15-10-18(26-22-11-15)23-12-3-5-13(6-4-12)24-19(28)25-14-7-8-17(21)16(20)9-14/h3-11H,1-2H3,(H,23,26)(H2,24,25,28). The highest BCUT2D eigenvalue weighted by Gasteiger charge is 2.06. The highest BCUT2D eigenvalue weighted by molar-refractivity contribution is 6.31. The molecule has 0 aliphatic rings. The number of hydrogen-bond acceptors (Lipinski definition) is 5. The molecule has 1 heterocycles. The molecule has 0 saturated heterocycles. The lowest BCUT2D eigenvalue weighted by molar-refractivity contribution is 0.262. The monoisotopic (exact) mass is 400 g/mol. The van der Waals surface area contributed by atoms with Crippen LogP contribution >= 0.6 is 11.6 Å². The molecule has 1 aromatic heterocycles. The summed E-state index contributed by atoms with van der Waals surface area (Å²) >= 11 is 5.70. The Morgan fingerprint density at radius 2 is 1.64 bits per heavy atom. The molecular formula is C19H18ClFN6O. The predicted molar refractivity (Wildman–Crippen MR) is 110 cm³/mol. The van der Waals surface area contributed by atoms with Crippen LogP contribution < -0.4 is 20.9 Å². The van der Waals surface area contributed by atoms with Crippen LogP contribution in [0.5, 0.6) is 0 Å². The Morgan fingerprint density at radius 3 is 2.32 bits per heavy atom. The van der Waals surface area contributed by atoms with Crippen molar-refractivity contribution in [1.29, 1.82) is 0 Å². The largest absolute Gasteiger partial charge is 0.376 e. The van der Waals surface area contributed by atoms with Crippen molar-refractivity contribution in [2.24, 2.45) is 0 Å². The fourth-order valence-electron chi connectivity index (χ4n) is 2.31. The molecule has 0 fully saturated rings. The van der Waals surface area contributed by atoms with Gasteiger partial charge in [0.1, 0.15) is 5.82 Å². The van der Waals surface area contributed by atoms with Gasteiger partial charge in [0.2, 0.25) is 0 Å². The number of carbonyl (C=O) groups excluding carboxylic acids is 1. The lowest BCUT2D eigenvalue weighted by atomic mass is 10.2. The zero-order valence-electron chi connectivity index (χ0n) is 15.2. The molecule has 2 amide bonds. The van der Waals surface area contributed by atoms with Crippen LogP contribution in [0, 0.1) is 5.82 Å². The minimum absolute atomic E-state index is 0.0605. The summed E-state index contributed by atoms with van der Waals surface area (Å²) in [6.07, 6.45) is 1.67. The van der Waals surface area contributed by atoms with E-state index in [1.54, 1.807) is 30.5 Å². The Hall–Kier alpha value is -3.39. The van der Waals surface area contributed by atoms with Gasteiger partial charge in [-0.05, 0) is 42.5 Å². The number of halogens is 2. The Morgan fingerprint density at radius 1 is 1.00 bits per heavy atom. The summed E-state index contributed by atoms with van der Waals surface area (Å²) in [5.41, 5.74) is 2.70. The smallest absolute Gasteiger partial charge is 0.323 e. The van der Waals surface area contributed by atoms with E-state index < -0.39 is 11.8 Å². The van der Waals surface area contributed by atoms with E-state index in [2.05, 4.69) is 26.1 Å². The normalized spacial score (nSPS) is 10.3. The third-order valence-corrected chi connectivity index (χ3v) is 4.04. The molecule has 0 aliphatic heterocycles. The van der Waals surface area contributed by atoms with Gasteiger partial charge in [-0.15, -0.1) is 5.10 Å². The van der Waals surface area contributed by atoms with Gasteiger partial charge < -0.3 is 20.9 Å². The second kappa shape index (κ2) is 8.53. The topological polar surface area (TPSA) is 82.2 Å². The SMILES string of the molecule is CN(C)c1cnnc(Nc2ccc(NC(=O)Nc3ccc(F)c(Cl)c3)cc2)c1. The van der Waals surface area contributed by atoms with Gasteiger partial charge >= 0.3 is 6.03 Å². The van der Waals surface area contributed by atoms with Gasteiger partial charge in [0.15, 0.2) is 5.82 Å². The second-order valence-electron chi connectivity index (χ2n) is 6.10. The lowest BCUT2D eigenvalue weighted by Crippen LogP contribution is -2.19. The molecule has 0 aliphatic carbocycles. The van der Waals surface area contributed by atoms with Crippen LogP contribution in [0.15, 0.2) is 54.7 Å². The number of benzene rings is 2. The summed E-state index contributed by atoms with van der Waals surface area (Å²) in [5, 5.41) is 16.4. The maximum Gasteiger partial charge on any atom is 0.323 e. The summed E-state index contributed by atoms with van der Waals surface area (Å²) in [6.45, 7) is 0. The number of nitrogens with one attached hydrogen (secondary N) is 3. The van der Waals surface area contributed by atoms with E-state index >= 15 is 0 Å². The van der Waals surface area contributed by atoms with Crippen molar-refractivity contribution in [3.8, 4) is 0 Å². The maximum atomic E-state index is 13.2. The number of aromatic nitrogens is 2. The summed E-state index contributed by atoms with van der Waals surface area (Å²) in [5.74, 6) is 0.0642. The molecule has 0 bridgehead atoms. The Bertz CT molecular complexity index is 980. The van der Waals surface area contributed by atoms with E-state index in [-0.39, 0.29) is 5.02 Å². The average molecular weight is 401 g/mol. The van der Waals surface area contributed by atoms with Crippen LogP contribution in [0.2, 0.25) is 5.02 Å². The van der Waals surface area contributed by atoms with Gasteiger partial charge in [-0.1, -0.05) is 11.6 Å². The first-order chi connectivity index (χ1) is 13.4. The fourth-order valence-corrected chi connectivity index (χ4v) is 2.49. The highest BCUT2D eigenvalue weighted by atomic mass is 35.5. The van der Waals surface area contributed by atoms with Crippen molar-refractivity contribution in [2.75, 3.05) is 34.9 Å². The molecule has 7 nitrogen and oxygen atoms in total. The van der Waals surface area contributed by atoms with Gasteiger partial charge in [-0.25, -0.2) is 9.18 Å². The van der Waals surface area contributed by atoms with E-state index in [0.717, 1.165) is 11.4 Å². The number of anilines is 5. The van der Waals surface area contributed by atoms with Gasteiger partial charge in [-0.3, -0.25) is 0 Å². The fraction of sp³-hybridized carbons (Fsp3) is 0.105. The number of urea groups is 1. The molecular weight excluding hydrogens is 383 g/mol. The molecule has 2 aromatic carbocycles. The van der Waals surface area contributed by atoms with Crippen molar-refractivity contribution >= 4 is 46.2 Å². The van der Waals surface area contributed by atoms with Crippen molar-refractivity contribution in [1.82, 2.24) is 10.2 Å². The first kappa shape index (κ1) is 19.4. The van der Waals surface area contributed by atoms with Crippen LogP contribution in [-0.4, -0.2) is 30.3 Å². The van der Waals surface area contributed by atoms with E-state index in [1.807, 2.05) is 25.1 Å². The molecule has 144 valence electrons. The molecule has 3 N–H and O–H groups in total. The summed E-state index contributed by atoms with van der Waals surface area (Å²) < 4.78 is 13.2. The van der Waals surface area contributed by atoms with Crippen LogP contribution in [0.4, 0.5) is 37.8 Å². The molecule has 28 heavy (non-hydrogen) atoms.